The first-order valence-electron chi connectivity index (χ1n) is 6.62. The van der Waals surface area contributed by atoms with E-state index in [1.807, 2.05) is 6.92 Å². The summed E-state index contributed by atoms with van der Waals surface area (Å²) >= 11 is 17.7. The highest BCUT2D eigenvalue weighted by Gasteiger charge is 2.06. The highest BCUT2D eigenvalue weighted by molar-refractivity contribution is 6.43. The molecule has 120 valence electrons. The third-order valence-electron chi connectivity index (χ3n) is 2.91. The molecule has 2 rings (SSSR count). The van der Waals surface area contributed by atoms with Crippen LogP contribution in [0.4, 0.5) is 5.69 Å². The number of carbonyl (C=O) groups excluding carboxylic acids is 1. The van der Waals surface area contributed by atoms with Crippen molar-refractivity contribution < 1.29 is 9.63 Å². The molecule has 4 nitrogen and oxygen atoms in total. The monoisotopic (exact) mass is 370 g/mol. The van der Waals surface area contributed by atoms with E-state index in [0.29, 0.717) is 26.3 Å². The van der Waals surface area contributed by atoms with Gasteiger partial charge in [-0.2, -0.15) is 0 Å². The first kappa shape index (κ1) is 17.6. The van der Waals surface area contributed by atoms with Crippen LogP contribution in [0, 0.1) is 6.92 Å². The summed E-state index contributed by atoms with van der Waals surface area (Å²) in [7, 11) is 0. The molecular formula is C16H13Cl3N2O2. The zero-order valence-electron chi connectivity index (χ0n) is 12.1. The van der Waals surface area contributed by atoms with E-state index in [4.69, 9.17) is 39.6 Å². The maximum Gasteiger partial charge on any atom is 0.265 e. The van der Waals surface area contributed by atoms with Crippen molar-refractivity contribution in [3.8, 4) is 0 Å². The normalized spacial score (nSPS) is 10.8. The average Bonchev–Trinajstić information content (AvgIpc) is 2.50. The van der Waals surface area contributed by atoms with E-state index in [9.17, 15) is 4.79 Å². The highest BCUT2D eigenvalue weighted by Crippen LogP contribution is 2.24. The number of nitrogens with one attached hydrogen (secondary N) is 1. The second-order valence-electron chi connectivity index (χ2n) is 4.66. The minimum Gasteiger partial charge on any atom is -0.386 e. The van der Waals surface area contributed by atoms with Gasteiger partial charge in [-0.25, -0.2) is 0 Å². The van der Waals surface area contributed by atoms with Gasteiger partial charge in [0.2, 0.25) is 0 Å². The molecular weight excluding hydrogens is 359 g/mol. The van der Waals surface area contributed by atoms with Crippen LogP contribution in [-0.2, 0) is 9.63 Å². The number of oxime groups is 1. The van der Waals surface area contributed by atoms with Gasteiger partial charge in [-0.1, -0.05) is 52.1 Å². The molecule has 0 aromatic heterocycles. The Morgan fingerprint density at radius 2 is 2.04 bits per heavy atom. The molecule has 23 heavy (non-hydrogen) atoms. The largest absolute Gasteiger partial charge is 0.386 e. The summed E-state index contributed by atoms with van der Waals surface area (Å²) in [6.45, 7) is 1.62. The second kappa shape index (κ2) is 8.20. The van der Waals surface area contributed by atoms with Crippen LogP contribution in [0.25, 0.3) is 0 Å². The molecule has 1 N–H and O–H groups in total. The minimum absolute atomic E-state index is 0.225. The third kappa shape index (κ3) is 5.13. The molecule has 0 saturated heterocycles. The molecule has 1 amide bonds. The van der Waals surface area contributed by atoms with Crippen LogP contribution >= 0.6 is 34.8 Å². The summed E-state index contributed by atoms with van der Waals surface area (Å²) in [5, 5.41) is 7.84. The van der Waals surface area contributed by atoms with Crippen molar-refractivity contribution in [3.63, 3.8) is 0 Å². The maximum absolute atomic E-state index is 11.8. The van der Waals surface area contributed by atoms with Crippen LogP contribution in [0.3, 0.4) is 0 Å². The van der Waals surface area contributed by atoms with E-state index in [0.717, 1.165) is 5.56 Å². The summed E-state index contributed by atoms with van der Waals surface area (Å²) in [4.78, 5) is 16.8. The van der Waals surface area contributed by atoms with Gasteiger partial charge >= 0.3 is 0 Å². The predicted octanol–water partition coefficient (Wildman–Crippen LogP) is 4.94. The summed E-state index contributed by atoms with van der Waals surface area (Å²) in [6, 6.07) is 10.3. The number of aryl methyl sites for hydroxylation is 1. The van der Waals surface area contributed by atoms with Gasteiger partial charge < -0.3 is 10.2 Å². The topological polar surface area (TPSA) is 50.7 Å². The number of benzene rings is 2. The highest BCUT2D eigenvalue weighted by atomic mass is 35.5. The Morgan fingerprint density at radius 1 is 1.26 bits per heavy atom. The summed E-state index contributed by atoms with van der Waals surface area (Å²) < 4.78 is 0. The zero-order valence-corrected chi connectivity index (χ0v) is 14.4. The molecule has 2 aromatic carbocycles. The number of carbonyl (C=O) groups is 1. The fraction of sp³-hybridized carbons (Fsp3) is 0.125. The van der Waals surface area contributed by atoms with Crippen LogP contribution in [0.1, 0.15) is 11.1 Å². The van der Waals surface area contributed by atoms with Gasteiger partial charge in [0.15, 0.2) is 6.61 Å². The first-order chi connectivity index (χ1) is 11.0. The molecule has 0 aliphatic carbocycles. The lowest BCUT2D eigenvalue weighted by atomic mass is 10.2. The Hall–Kier alpha value is -1.75. The average molecular weight is 372 g/mol. The maximum atomic E-state index is 11.8. The molecule has 0 bridgehead atoms. The SMILES string of the molecule is Cc1cc(Cl)ccc1NC(=O)CO/N=C\c1cccc(Cl)c1Cl. The lowest BCUT2D eigenvalue weighted by molar-refractivity contribution is -0.120. The zero-order chi connectivity index (χ0) is 16.8. The Balaban J connectivity index is 1.87. The van der Waals surface area contributed by atoms with E-state index in [2.05, 4.69) is 10.5 Å². The van der Waals surface area contributed by atoms with Gasteiger partial charge in [-0.3, -0.25) is 4.79 Å². The number of hydrogen-bond donors (Lipinski definition) is 1. The van der Waals surface area contributed by atoms with Crippen molar-refractivity contribution >= 4 is 52.6 Å². The molecule has 0 fully saturated rings. The number of rotatable bonds is 5. The van der Waals surface area contributed by atoms with Crippen molar-refractivity contribution in [2.45, 2.75) is 6.92 Å². The fourth-order valence-corrected chi connectivity index (χ4v) is 2.35. The van der Waals surface area contributed by atoms with Crippen molar-refractivity contribution in [1.29, 1.82) is 0 Å². The molecule has 0 aliphatic heterocycles. The van der Waals surface area contributed by atoms with Crippen molar-refractivity contribution in [3.05, 3.63) is 62.6 Å². The van der Waals surface area contributed by atoms with E-state index in [1.54, 1.807) is 36.4 Å². The molecule has 0 saturated carbocycles. The van der Waals surface area contributed by atoms with Gasteiger partial charge in [0.1, 0.15) is 0 Å². The van der Waals surface area contributed by atoms with E-state index in [-0.39, 0.29) is 12.5 Å². The third-order valence-corrected chi connectivity index (χ3v) is 3.97. The van der Waals surface area contributed by atoms with E-state index in [1.165, 1.54) is 6.21 Å². The number of anilines is 1. The van der Waals surface area contributed by atoms with Crippen molar-refractivity contribution in [2.75, 3.05) is 11.9 Å². The summed E-state index contributed by atoms with van der Waals surface area (Å²) in [5.74, 6) is -0.329. The van der Waals surface area contributed by atoms with Crippen LogP contribution in [0.15, 0.2) is 41.6 Å². The standard InChI is InChI=1S/C16H13Cl3N2O2/c1-10-7-12(17)5-6-14(10)21-15(22)9-23-20-8-11-3-2-4-13(18)16(11)19/h2-8H,9H2,1H3,(H,21,22)/b20-8-. The molecule has 0 radical (unpaired) electrons. The molecule has 7 heteroatoms. The van der Waals surface area contributed by atoms with Gasteiger partial charge in [-0.15, -0.1) is 0 Å². The quantitative estimate of drug-likeness (QED) is 0.597. The lowest BCUT2D eigenvalue weighted by Crippen LogP contribution is -2.17. The first-order valence-corrected chi connectivity index (χ1v) is 7.76. The van der Waals surface area contributed by atoms with E-state index >= 15 is 0 Å². The summed E-state index contributed by atoms with van der Waals surface area (Å²) in [5.41, 5.74) is 2.14. The van der Waals surface area contributed by atoms with Crippen molar-refractivity contribution in [1.82, 2.24) is 0 Å². The molecule has 2 aromatic rings. The Bertz CT molecular complexity index is 748. The molecule has 0 aliphatic rings. The molecule has 0 atom stereocenters. The number of hydrogen-bond acceptors (Lipinski definition) is 3. The van der Waals surface area contributed by atoms with Gasteiger partial charge in [0.05, 0.1) is 16.3 Å². The Morgan fingerprint density at radius 3 is 2.78 bits per heavy atom. The minimum atomic E-state index is -0.329. The predicted molar refractivity (Wildman–Crippen MR) is 94.8 cm³/mol. The van der Waals surface area contributed by atoms with Crippen LogP contribution in [0.5, 0.6) is 0 Å². The van der Waals surface area contributed by atoms with E-state index < -0.39 is 0 Å². The molecule has 0 unspecified atom stereocenters. The number of nitrogens with zero attached hydrogens (tertiary/aromatic N) is 1. The fourth-order valence-electron chi connectivity index (χ4n) is 1.76. The van der Waals surface area contributed by atoms with Gasteiger partial charge in [-0.05, 0) is 36.8 Å². The summed E-state index contributed by atoms with van der Waals surface area (Å²) in [6.07, 6.45) is 1.40. The number of amides is 1. The van der Waals surface area contributed by atoms with Gasteiger partial charge in [0.25, 0.3) is 5.91 Å². The second-order valence-corrected chi connectivity index (χ2v) is 5.88. The smallest absolute Gasteiger partial charge is 0.265 e. The van der Waals surface area contributed by atoms with Gasteiger partial charge in [0, 0.05) is 16.3 Å². The van der Waals surface area contributed by atoms with Crippen LogP contribution < -0.4 is 5.32 Å². The van der Waals surface area contributed by atoms with Crippen molar-refractivity contribution in [2.24, 2.45) is 5.16 Å². The Labute approximate surface area is 149 Å². The van der Waals surface area contributed by atoms with Crippen LogP contribution in [0.2, 0.25) is 15.1 Å². The Kier molecular flexibility index (Phi) is 6.28. The molecule has 0 spiro atoms. The number of halogens is 3. The molecule has 0 heterocycles. The lowest BCUT2D eigenvalue weighted by Gasteiger charge is -2.07. The van der Waals surface area contributed by atoms with Crippen LogP contribution in [-0.4, -0.2) is 18.7 Å².